The fourth-order valence-electron chi connectivity index (χ4n) is 1.60. The Hall–Kier alpha value is -1.59. The van der Waals surface area contributed by atoms with Gasteiger partial charge in [0.1, 0.15) is 6.54 Å². The van der Waals surface area contributed by atoms with Crippen LogP contribution < -0.4 is 5.32 Å². The first kappa shape index (κ1) is 19.4. The molecule has 122 valence electrons. The second kappa shape index (κ2) is 8.64. The molecule has 0 aromatic heterocycles. The van der Waals surface area contributed by atoms with Crippen molar-refractivity contribution in [3.8, 4) is 0 Å². The molecule has 0 rings (SSSR count). The Morgan fingerprint density at radius 2 is 1.76 bits per heavy atom. The second-order valence-electron chi connectivity index (χ2n) is 6.18. The topological polar surface area (TPSA) is 75.7 Å². The maximum atomic E-state index is 12.1. The van der Waals surface area contributed by atoms with Crippen LogP contribution in [0.3, 0.4) is 0 Å². The number of nitrogens with one attached hydrogen (secondary N) is 1. The number of amides is 2. The van der Waals surface area contributed by atoms with E-state index in [2.05, 4.69) is 5.32 Å². The molecule has 6 nitrogen and oxygen atoms in total. The van der Waals surface area contributed by atoms with E-state index >= 15 is 0 Å². The van der Waals surface area contributed by atoms with Gasteiger partial charge in [-0.1, -0.05) is 20.8 Å². The molecule has 0 bridgehead atoms. The molecule has 0 spiro atoms. The van der Waals surface area contributed by atoms with E-state index < -0.39 is 11.4 Å². The van der Waals surface area contributed by atoms with Crippen LogP contribution in [0, 0.1) is 5.41 Å². The zero-order chi connectivity index (χ0) is 16.6. The Morgan fingerprint density at radius 3 is 2.19 bits per heavy atom. The van der Waals surface area contributed by atoms with Crippen molar-refractivity contribution in [1.29, 1.82) is 0 Å². The predicted molar refractivity (Wildman–Crippen MR) is 80.6 cm³/mol. The third-order valence-corrected chi connectivity index (χ3v) is 2.85. The summed E-state index contributed by atoms with van der Waals surface area (Å²) in [5, 5.41) is 2.72. The molecule has 21 heavy (non-hydrogen) atoms. The smallest absolute Gasteiger partial charge is 0.325 e. The second-order valence-corrected chi connectivity index (χ2v) is 6.18. The maximum absolute atomic E-state index is 12.1. The van der Waals surface area contributed by atoms with Gasteiger partial charge < -0.3 is 15.0 Å². The number of hydrogen-bond donors (Lipinski definition) is 1. The van der Waals surface area contributed by atoms with Gasteiger partial charge in [0, 0.05) is 24.4 Å². The molecular formula is C15H28N2O4. The van der Waals surface area contributed by atoms with Crippen molar-refractivity contribution in [1.82, 2.24) is 10.2 Å². The lowest BCUT2D eigenvalue weighted by atomic mass is 9.96. The van der Waals surface area contributed by atoms with Crippen molar-refractivity contribution in [3.05, 3.63) is 0 Å². The highest BCUT2D eigenvalue weighted by molar-refractivity contribution is 5.84. The summed E-state index contributed by atoms with van der Waals surface area (Å²) >= 11 is 0. The molecular weight excluding hydrogens is 272 g/mol. The van der Waals surface area contributed by atoms with Crippen LogP contribution >= 0.6 is 0 Å². The standard InChI is InChI=1S/C15H28N2O4/c1-7-21-13(19)10-17(11(2)3)12(18)8-9-16-14(20)15(4,5)6/h11H,7-10H2,1-6H3,(H,16,20). The number of esters is 1. The Labute approximate surface area is 127 Å². The van der Waals surface area contributed by atoms with Crippen molar-refractivity contribution in [2.45, 2.75) is 54.0 Å². The van der Waals surface area contributed by atoms with E-state index in [0.717, 1.165) is 0 Å². The summed E-state index contributed by atoms with van der Waals surface area (Å²) in [7, 11) is 0. The number of carbonyl (C=O) groups is 3. The van der Waals surface area contributed by atoms with Crippen LogP contribution in [0.4, 0.5) is 0 Å². The highest BCUT2D eigenvalue weighted by Gasteiger charge is 2.23. The van der Waals surface area contributed by atoms with Gasteiger partial charge in [-0.25, -0.2) is 0 Å². The van der Waals surface area contributed by atoms with Crippen LogP contribution in [-0.2, 0) is 19.1 Å². The molecule has 2 amide bonds. The van der Waals surface area contributed by atoms with Gasteiger partial charge >= 0.3 is 5.97 Å². The molecule has 0 unspecified atom stereocenters. The lowest BCUT2D eigenvalue weighted by Gasteiger charge is -2.26. The molecule has 0 aromatic carbocycles. The van der Waals surface area contributed by atoms with Crippen molar-refractivity contribution in [2.24, 2.45) is 5.41 Å². The lowest BCUT2D eigenvalue weighted by Crippen LogP contribution is -2.43. The van der Waals surface area contributed by atoms with Crippen molar-refractivity contribution in [2.75, 3.05) is 19.7 Å². The first-order valence-electron chi connectivity index (χ1n) is 7.33. The molecule has 0 aliphatic rings. The molecule has 0 aliphatic carbocycles. The Kier molecular flexibility index (Phi) is 7.99. The average molecular weight is 300 g/mol. The molecule has 0 aliphatic heterocycles. The monoisotopic (exact) mass is 300 g/mol. The highest BCUT2D eigenvalue weighted by Crippen LogP contribution is 2.12. The Bertz CT molecular complexity index is 372. The SMILES string of the molecule is CCOC(=O)CN(C(=O)CCNC(=O)C(C)(C)C)C(C)C. The molecule has 0 saturated carbocycles. The predicted octanol–water partition coefficient (Wildman–Crippen LogP) is 1.34. The molecule has 6 heteroatoms. The van der Waals surface area contributed by atoms with Gasteiger partial charge in [-0.15, -0.1) is 0 Å². The van der Waals surface area contributed by atoms with E-state index in [1.807, 2.05) is 34.6 Å². The third kappa shape index (κ3) is 7.68. The Balaban J connectivity index is 4.38. The van der Waals surface area contributed by atoms with E-state index in [1.54, 1.807) is 6.92 Å². The minimum absolute atomic E-state index is 0.0580. The molecule has 0 fully saturated rings. The third-order valence-electron chi connectivity index (χ3n) is 2.85. The lowest BCUT2D eigenvalue weighted by molar-refractivity contribution is -0.150. The number of ether oxygens (including phenoxy) is 1. The van der Waals surface area contributed by atoms with Crippen LogP contribution in [0.2, 0.25) is 0 Å². The number of hydrogen-bond acceptors (Lipinski definition) is 4. The van der Waals surface area contributed by atoms with Crippen LogP contribution in [0.5, 0.6) is 0 Å². The first-order valence-corrected chi connectivity index (χ1v) is 7.33. The van der Waals surface area contributed by atoms with Gasteiger partial charge in [0.05, 0.1) is 6.61 Å². The quantitative estimate of drug-likeness (QED) is 0.720. The summed E-state index contributed by atoms with van der Waals surface area (Å²) in [6, 6.07) is -0.0970. The summed E-state index contributed by atoms with van der Waals surface area (Å²) in [6.45, 7) is 11.3. The van der Waals surface area contributed by atoms with Crippen molar-refractivity contribution < 1.29 is 19.1 Å². The fraction of sp³-hybridized carbons (Fsp3) is 0.800. The van der Waals surface area contributed by atoms with Crippen LogP contribution in [-0.4, -0.2) is 48.4 Å². The summed E-state index contributed by atoms with van der Waals surface area (Å²) in [6.07, 6.45) is 0.166. The van der Waals surface area contributed by atoms with Crippen molar-refractivity contribution >= 4 is 17.8 Å². The van der Waals surface area contributed by atoms with Gasteiger partial charge in [-0.3, -0.25) is 14.4 Å². The van der Waals surface area contributed by atoms with E-state index in [1.165, 1.54) is 4.90 Å². The zero-order valence-electron chi connectivity index (χ0n) is 14.0. The summed E-state index contributed by atoms with van der Waals surface area (Å²) in [4.78, 5) is 36.8. The Morgan fingerprint density at radius 1 is 1.19 bits per heavy atom. The molecule has 0 radical (unpaired) electrons. The highest BCUT2D eigenvalue weighted by atomic mass is 16.5. The van der Waals surface area contributed by atoms with E-state index in [-0.39, 0.29) is 37.4 Å². The van der Waals surface area contributed by atoms with Gasteiger partial charge in [0.15, 0.2) is 0 Å². The molecule has 0 aromatic rings. The van der Waals surface area contributed by atoms with Gasteiger partial charge in [0.25, 0.3) is 0 Å². The normalized spacial score (nSPS) is 11.2. The molecule has 1 N–H and O–H groups in total. The minimum atomic E-state index is -0.480. The van der Waals surface area contributed by atoms with Crippen molar-refractivity contribution in [3.63, 3.8) is 0 Å². The summed E-state index contributed by atoms with van der Waals surface area (Å²) in [5.74, 6) is -0.692. The fourth-order valence-corrected chi connectivity index (χ4v) is 1.60. The first-order chi connectivity index (χ1) is 9.59. The summed E-state index contributed by atoms with van der Waals surface area (Å²) in [5.41, 5.74) is -0.480. The van der Waals surface area contributed by atoms with E-state index in [4.69, 9.17) is 4.74 Å². The number of nitrogens with zero attached hydrogens (tertiary/aromatic N) is 1. The zero-order valence-corrected chi connectivity index (χ0v) is 14.0. The van der Waals surface area contributed by atoms with Gasteiger partial charge in [-0.05, 0) is 20.8 Å². The van der Waals surface area contributed by atoms with Crippen LogP contribution in [0.15, 0.2) is 0 Å². The van der Waals surface area contributed by atoms with Crippen LogP contribution in [0.1, 0.15) is 48.0 Å². The minimum Gasteiger partial charge on any atom is -0.465 e. The molecule has 0 heterocycles. The summed E-state index contributed by atoms with van der Waals surface area (Å²) < 4.78 is 4.86. The van der Waals surface area contributed by atoms with Crippen LogP contribution in [0.25, 0.3) is 0 Å². The maximum Gasteiger partial charge on any atom is 0.325 e. The molecule has 0 saturated heterocycles. The average Bonchev–Trinajstić information content (AvgIpc) is 2.34. The largest absolute Gasteiger partial charge is 0.465 e. The molecule has 0 atom stereocenters. The number of rotatable bonds is 7. The van der Waals surface area contributed by atoms with E-state index in [0.29, 0.717) is 6.61 Å². The van der Waals surface area contributed by atoms with Gasteiger partial charge in [-0.2, -0.15) is 0 Å². The van der Waals surface area contributed by atoms with E-state index in [9.17, 15) is 14.4 Å². The van der Waals surface area contributed by atoms with Gasteiger partial charge in [0.2, 0.25) is 11.8 Å². The number of carbonyl (C=O) groups excluding carboxylic acids is 3.